The number of carbonyl (C=O) groups is 2. The van der Waals surface area contributed by atoms with Crippen LogP contribution < -0.4 is 0 Å². The SMILES string of the molecule is CCCCCCCCCCCCCC(=O)OC(CCCCCCCCC)C(CCC)OC(=O)CCCCCCCCCCCC. The van der Waals surface area contributed by atoms with Gasteiger partial charge in [0.05, 0.1) is 0 Å². The molecule has 0 amide bonds. The molecule has 0 radical (unpaired) electrons. The van der Waals surface area contributed by atoms with Crippen LogP contribution in [0.1, 0.15) is 240 Å². The van der Waals surface area contributed by atoms with E-state index in [1.165, 1.54) is 141 Å². The molecule has 0 aromatic heterocycles. The lowest BCUT2D eigenvalue weighted by Crippen LogP contribution is -2.35. The maximum Gasteiger partial charge on any atom is 0.306 e. The highest BCUT2D eigenvalue weighted by Gasteiger charge is 2.27. The molecule has 0 aliphatic heterocycles. The van der Waals surface area contributed by atoms with Crippen LogP contribution in [-0.2, 0) is 19.1 Å². The monoisotopic (exact) mass is 637 g/mol. The normalized spacial score (nSPS) is 12.7. The Morgan fingerprint density at radius 2 is 0.600 bits per heavy atom. The molecule has 0 aliphatic rings. The van der Waals surface area contributed by atoms with Crippen LogP contribution in [0.5, 0.6) is 0 Å². The maximum atomic E-state index is 12.9. The zero-order chi connectivity index (χ0) is 33.1. The van der Waals surface area contributed by atoms with Gasteiger partial charge in [0.25, 0.3) is 0 Å². The van der Waals surface area contributed by atoms with E-state index in [4.69, 9.17) is 9.47 Å². The summed E-state index contributed by atoms with van der Waals surface area (Å²) in [5, 5.41) is 0. The summed E-state index contributed by atoms with van der Waals surface area (Å²) in [5.41, 5.74) is 0. The van der Waals surface area contributed by atoms with Gasteiger partial charge in [0, 0.05) is 12.8 Å². The first-order valence-corrected chi connectivity index (χ1v) is 20.5. The van der Waals surface area contributed by atoms with Gasteiger partial charge in [-0.1, -0.05) is 195 Å². The summed E-state index contributed by atoms with van der Waals surface area (Å²) in [7, 11) is 0. The van der Waals surface area contributed by atoms with Gasteiger partial charge in [-0.05, 0) is 32.1 Å². The lowest BCUT2D eigenvalue weighted by Gasteiger charge is -2.27. The van der Waals surface area contributed by atoms with E-state index in [0.29, 0.717) is 12.8 Å². The Hall–Kier alpha value is -1.06. The molecule has 0 spiro atoms. The van der Waals surface area contributed by atoms with Crippen LogP contribution in [0, 0.1) is 0 Å². The fourth-order valence-electron chi connectivity index (χ4n) is 6.37. The van der Waals surface area contributed by atoms with Gasteiger partial charge in [-0.25, -0.2) is 0 Å². The second kappa shape index (κ2) is 35.8. The third-order valence-corrected chi connectivity index (χ3v) is 9.36. The molecule has 0 rings (SSSR count). The molecule has 0 aromatic rings. The van der Waals surface area contributed by atoms with Crippen LogP contribution in [-0.4, -0.2) is 24.1 Å². The van der Waals surface area contributed by atoms with Gasteiger partial charge in [-0.3, -0.25) is 9.59 Å². The molecular formula is C41H80O4. The van der Waals surface area contributed by atoms with Crippen LogP contribution in [0.2, 0.25) is 0 Å². The van der Waals surface area contributed by atoms with Crippen molar-refractivity contribution in [1.82, 2.24) is 0 Å². The van der Waals surface area contributed by atoms with Gasteiger partial charge in [0.15, 0.2) is 0 Å². The van der Waals surface area contributed by atoms with E-state index in [9.17, 15) is 9.59 Å². The van der Waals surface area contributed by atoms with Crippen molar-refractivity contribution in [2.75, 3.05) is 0 Å². The van der Waals surface area contributed by atoms with Crippen molar-refractivity contribution in [3.8, 4) is 0 Å². The molecule has 0 bridgehead atoms. The molecule has 0 heterocycles. The Kier molecular flexibility index (Phi) is 34.9. The van der Waals surface area contributed by atoms with Crippen LogP contribution in [0.25, 0.3) is 0 Å². The van der Waals surface area contributed by atoms with E-state index in [1.54, 1.807) is 0 Å². The molecule has 0 N–H and O–H groups in total. The minimum Gasteiger partial charge on any atom is -0.458 e. The average Bonchev–Trinajstić information content (AvgIpc) is 3.03. The third kappa shape index (κ3) is 31.3. The molecular weight excluding hydrogens is 556 g/mol. The Morgan fingerprint density at radius 1 is 0.333 bits per heavy atom. The molecule has 4 heteroatoms. The molecule has 268 valence electrons. The summed E-state index contributed by atoms with van der Waals surface area (Å²) < 4.78 is 12.1. The number of hydrogen-bond donors (Lipinski definition) is 0. The molecule has 45 heavy (non-hydrogen) atoms. The van der Waals surface area contributed by atoms with Crippen molar-refractivity contribution < 1.29 is 19.1 Å². The highest BCUT2D eigenvalue weighted by atomic mass is 16.6. The first-order chi connectivity index (χ1) is 22.1. The molecule has 0 saturated carbocycles. The van der Waals surface area contributed by atoms with E-state index in [1.807, 2.05) is 0 Å². The maximum absolute atomic E-state index is 12.9. The molecule has 2 unspecified atom stereocenters. The van der Waals surface area contributed by atoms with Gasteiger partial charge in [-0.2, -0.15) is 0 Å². The highest BCUT2D eigenvalue weighted by molar-refractivity contribution is 5.70. The molecule has 0 saturated heterocycles. The van der Waals surface area contributed by atoms with Crippen molar-refractivity contribution in [2.24, 2.45) is 0 Å². The van der Waals surface area contributed by atoms with Crippen LogP contribution in [0.4, 0.5) is 0 Å². The first-order valence-electron chi connectivity index (χ1n) is 20.5. The number of rotatable bonds is 36. The van der Waals surface area contributed by atoms with E-state index in [2.05, 4.69) is 27.7 Å². The van der Waals surface area contributed by atoms with Gasteiger partial charge in [-0.15, -0.1) is 0 Å². The zero-order valence-corrected chi connectivity index (χ0v) is 31.1. The fraction of sp³-hybridized carbons (Fsp3) is 0.951. The topological polar surface area (TPSA) is 52.6 Å². The van der Waals surface area contributed by atoms with Crippen molar-refractivity contribution in [3.63, 3.8) is 0 Å². The predicted molar refractivity (Wildman–Crippen MR) is 195 cm³/mol. The van der Waals surface area contributed by atoms with Gasteiger partial charge in [0.1, 0.15) is 12.2 Å². The second-order valence-electron chi connectivity index (χ2n) is 14.0. The Balaban J connectivity index is 4.55. The molecule has 0 aromatic carbocycles. The largest absolute Gasteiger partial charge is 0.458 e. The minimum absolute atomic E-state index is 0.106. The smallest absolute Gasteiger partial charge is 0.306 e. The van der Waals surface area contributed by atoms with Crippen LogP contribution in [0.3, 0.4) is 0 Å². The van der Waals surface area contributed by atoms with E-state index >= 15 is 0 Å². The number of hydrogen-bond acceptors (Lipinski definition) is 4. The van der Waals surface area contributed by atoms with Crippen molar-refractivity contribution >= 4 is 11.9 Å². The van der Waals surface area contributed by atoms with Gasteiger partial charge < -0.3 is 9.47 Å². The summed E-state index contributed by atoms with van der Waals surface area (Å²) in [6, 6.07) is 0. The summed E-state index contributed by atoms with van der Waals surface area (Å²) in [5.74, 6) is -0.218. The molecule has 2 atom stereocenters. The van der Waals surface area contributed by atoms with Gasteiger partial charge in [0.2, 0.25) is 0 Å². The zero-order valence-electron chi connectivity index (χ0n) is 31.1. The quantitative estimate of drug-likeness (QED) is 0.0507. The van der Waals surface area contributed by atoms with E-state index in [-0.39, 0.29) is 24.1 Å². The number of esters is 2. The predicted octanol–water partition coefficient (Wildman–Crippen LogP) is 13.8. The van der Waals surface area contributed by atoms with Crippen LogP contribution >= 0.6 is 0 Å². The van der Waals surface area contributed by atoms with Gasteiger partial charge >= 0.3 is 11.9 Å². The van der Waals surface area contributed by atoms with E-state index < -0.39 is 0 Å². The Labute approximate surface area is 282 Å². The lowest BCUT2D eigenvalue weighted by atomic mass is 10.0. The average molecular weight is 637 g/mol. The summed E-state index contributed by atoms with van der Waals surface area (Å²) in [6.45, 7) is 8.91. The lowest BCUT2D eigenvalue weighted by molar-refractivity contribution is -0.169. The van der Waals surface area contributed by atoms with E-state index in [0.717, 1.165) is 57.8 Å². The Bertz CT molecular complexity index is 619. The summed E-state index contributed by atoms with van der Waals surface area (Å²) >= 11 is 0. The number of ether oxygens (including phenoxy) is 2. The summed E-state index contributed by atoms with van der Waals surface area (Å²) in [6.07, 6.45) is 37.9. The van der Waals surface area contributed by atoms with Crippen molar-refractivity contribution in [3.05, 3.63) is 0 Å². The second-order valence-corrected chi connectivity index (χ2v) is 14.0. The standard InChI is InChI=1S/C41H80O4/c1-5-9-12-15-18-20-22-24-27-30-33-37-41(43)45-39(35-31-28-25-17-14-11-7-3)38(34-8-4)44-40(42)36-32-29-26-23-21-19-16-13-10-6-2/h38-39H,5-37H2,1-4H3. The highest BCUT2D eigenvalue weighted by Crippen LogP contribution is 2.21. The molecule has 4 nitrogen and oxygen atoms in total. The number of unbranched alkanes of at least 4 members (excludes halogenated alkanes) is 25. The van der Waals surface area contributed by atoms with Crippen LogP contribution in [0.15, 0.2) is 0 Å². The molecule has 0 fully saturated rings. The number of carbonyl (C=O) groups excluding carboxylic acids is 2. The molecule has 0 aliphatic carbocycles. The summed E-state index contributed by atoms with van der Waals surface area (Å²) in [4.78, 5) is 25.8. The Morgan fingerprint density at radius 3 is 0.911 bits per heavy atom. The first kappa shape index (κ1) is 43.9. The van der Waals surface area contributed by atoms with Crippen molar-refractivity contribution in [1.29, 1.82) is 0 Å². The fourth-order valence-corrected chi connectivity index (χ4v) is 6.37. The third-order valence-electron chi connectivity index (χ3n) is 9.36. The van der Waals surface area contributed by atoms with Crippen molar-refractivity contribution in [2.45, 2.75) is 252 Å². The minimum atomic E-state index is -0.313.